The third-order valence-electron chi connectivity index (χ3n) is 7.91. The number of hydrogen-bond acceptors (Lipinski definition) is 7. The van der Waals surface area contributed by atoms with Crippen LogP contribution in [0.25, 0.3) is 16.8 Å². The zero-order valence-corrected chi connectivity index (χ0v) is 24.5. The smallest absolute Gasteiger partial charge is 0.269 e. The van der Waals surface area contributed by atoms with Crippen molar-refractivity contribution in [2.45, 2.75) is 60.7 Å². The van der Waals surface area contributed by atoms with Gasteiger partial charge in [-0.3, -0.25) is 4.40 Å². The van der Waals surface area contributed by atoms with E-state index < -0.39 is 24.4 Å². The molecule has 2 saturated carbocycles. The standard InChI is InChI=1S/C25H28Cl2N6O4S2/c1-3-16-10-18(31-38(34,35)14-17-12-25(17,26)27)11-20(16)23-30-29-22-13-28-24-21(33(22)23)8-9-32(24)39(36,37)19-6-4-15(2)5-7-19/h4-9,13,16-18,20,31H,3,10-12,14H2,1-2H3/t16-,17?,18+,20+/m1/s1. The number of fused-ring (bicyclic) bond motifs is 3. The van der Waals surface area contributed by atoms with Gasteiger partial charge in [-0.15, -0.1) is 33.4 Å². The number of nitrogens with one attached hydrogen (secondary N) is 1. The molecular weight excluding hydrogens is 583 g/mol. The van der Waals surface area contributed by atoms with Crippen molar-refractivity contribution in [1.82, 2.24) is 28.3 Å². The van der Waals surface area contributed by atoms with E-state index in [0.717, 1.165) is 12.0 Å². The van der Waals surface area contributed by atoms with Crippen LogP contribution in [0.3, 0.4) is 0 Å². The highest BCUT2D eigenvalue weighted by molar-refractivity contribution is 7.90. The minimum absolute atomic E-state index is 0.0820. The average Bonchev–Trinajstić information content (AvgIpc) is 3.33. The second kappa shape index (κ2) is 9.41. The SMILES string of the molecule is CC[C@@H]1C[C@H](NS(=O)(=O)CC2CC2(Cl)Cl)C[C@@H]1c1nnc2cnc3c(ccn3S(=O)(=O)c3ccc(C)cc3)n12. The monoisotopic (exact) mass is 610 g/mol. The Morgan fingerprint density at radius 2 is 1.79 bits per heavy atom. The van der Waals surface area contributed by atoms with Crippen LogP contribution in [0.1, 0.15) is 49.9 Å². The normalized spacial score (nSPS) is 25.0. The molecule has 0 spiro atoms. The number of benzene rings is 1. The molecular formula is C25H28Cl2N6O4S2. The lowest BCUT2D eigenvalue weighted by Crippen LogP contribution is -2.35. The first-order chi connectivity index (χ1) is 18.4. The maximum Gasteiger partial charge on any atom is 0.269 e. The first-order valence-corrected chi connectivity index (χ1v) is 16.7. The van der Waals surface area contributed by atoms with Gasteiger partial charge in [0.25, 0.3) is 10.0 Å². The maximum absolute atomic E-state index is 13.4. The van der Waals surface area contributed by atoms with Gasteiger partial charge in [0.2, 0.25) is 10.0 Å². The predicted octanol–water partition coefficient (Wildman–Crippen LogP) is 4.01. The van der Waals surface area contributed by atoms with Crippen LogP contribution in [0.4, 0.5) is 0 Å². The van der Waals surface area contributed by atoms with Crippen LogP contribution < -0.4 is 4.72 Å². The molecule has 1 aromatic carbocycles. The summed E-state index contributed by atoms with van der Waals surface area (Å²) >= 11 is 12.1. The number of aryl methyl sites for hydroxylation is 1. The van der Waals surface area contributed by atoms with E-state index in [9.17, 15) is 16.8 Å². The summed E-state index contributed by atoms with van der Waals surface area (Å²) in [6.45, 7) is 3.96. The second-order valence-electron chi connectivity index (χ2n) is 10.7. The van der Waals surface area contributed by atoms with Crippen LogP contribution in [0.2, 0.25) is 0 Å². The quantitative estimate of drug-likeness (QED) is 0.298. The van der Waals surface area contributed by atoms with Gasteiger partial charge in [0.05, 0.1) is 22.4 Å². The summed E-state index contributed by atoms with van der Waals surface area (Å²) in [5.74, 6) is 0.383. The Bertz CT molecular complexity index is 1780. The zero-order chi connectivity index (χ0) is 27.7. The number of hydrogen-bond donors (Lipinski definition) is 1. The summed E-state index contributed by atoms with van der Waals surface area (Å²) in [4.78, 5) is 4.58. The molecule has 10 nitrogen and oxygen atoms in total. The van der Waals surface area contributed by atoms with Crippen molar-refractivity contribution in [2.24, 2.45) is 11.8 Å². The first kappa shape index (κ1) is 26.9. The lowest BCUT2D eigenvalue weighted by Gasteiger charge is -2.16. The molecule has 2 aliphatic rings. The largest absolute Gasteiger partial charge is 0.274 e. The van der Waals surface area contributed by atoms with E-state index >= 15 is 0 Å². The molecule has 4 aromatic rings. The highest BCUT2D eigenvalue weighted by atomic mass is 35.5. The first-order valence-electron chi connectivity index (χ1n) is 12.8. The number of alkyl halides is 2. The summed E-state index contributed by atoms with van der Waals surface area (Å²) < 4.78 is 57.4. The highest BCUT2D eigenvalue weighted by Crippen LogP contribution is 2.53. The summed E-state index contributed by atoms with van der Waals surface area (Å²) in [6, 6.07) is 8.10. The topological polar surface area (TPSA) is 128 Å². The van der Waals surface area contributed by atoms with Crippen molar-refractivity contribution in [1.29, 1.82) is 0 Å². The second-order valence-corrected chi connectivity index (χ2v) is 15.8. The van der Waals surface area contributed by atoms with Crippen molar-refractivity contribution in [2.75, 3.05) is 5.75 Å². The zero-order valence-electron chi connectivity index (χ0n) is 21.3. The fourth-order valence-corrected chi connectivity index (χ4v) is 9.45. The van der Waals surface area contributed by atoms with Gasteiger partial charge in [-0.2, -0.15) is 0 Å². The number of sulfonamides is 1. The molecule has 0 bridgehead atoms. The predicted molar refractivity (Wildman–Crippen MR) is 149 cm³/mol. The Hall–Kier alpha value is -2.25. The number of aromatic nitrogens is 5. The molecule has 1 unspecified atom stereocenters. The van der Waals surface area contributed by atoms with Crippen molar-refractivity contribution in [3.63, 3.8) is 0 Å². The third kappa shape index (κ3) is 4.84. The van der Waals surface area contributed by atoms with Gasteiger partial charge >= 0.3 is 0 Å². The van der Waals surface area contributed by atoms with Gasteiger partial charge in [-0.05, 0) is 50.3 Å². The lowest BCUT2D eigenvalue weighted by atomic mass is 9.93. The minimum atomic E-state index is -3.88. The Labute approximate surface area is 236 Å². The molecule has 2 fully saturated rings. The summed E-state index contributed by atoms with van der Waals surface area (Å²) in [6.07, 6.45) is 5.49. The van der Waals surface area contributed by atoms with Crippen molar-refractivity contribution in [3.05, 3.63) is 54.1 Å². The Kier molecular flexibility index (Phi) is 6.50. The molecule has 14 heteroatoms. The van der Waals surface area contributed by atoms with E-state index in [1.54, 1.807) is 30.3 Å². The number of halogens is 2. The molecule has 0 aliphatic heterocycles. The number of rotatable bonds is 8. The fourth-order valence-electron chi connectivity index (χ4n) is 5.72. The van der Waals surface area contributed by atoms with Gasteiger partial charge < -0.3 is 0 Å². The van der Waals surface area contributed by atoms with Gasteiger partial charge in [0.1, 0.15) is 10.2 Å². The Morgan fingerprint density at radius 3 is 2.46 bits per heavy atom. The molecule has 0 saturated heterocycles. The molecule has 0 amide bonds. The van der Waals surface area contributed by atoms with Crippen LogP contribution >= 0.6 is 23.2 Å². The highest BCUT2D eigenvalue weighted by Gasteiger charge is 2.53. The Morgan fingerprint density at radius 1 is 1.08 bits per heavy atom. The molecule has 3 aromatic heterocycles. The average molecular weight is 612 g/mol. The molecule has 3 heterocycles. The maximum atomic E-state index is 13.4. The van der Waals surface area contributed by atoms with Crippen molar-refractivity contribution < 1.29 is 16.8 Å². The molecule has 0 radical (unpaired) electrons. The van der Waals surface area contributed by atoms with Gasteiger partial charge in [-0.25, -0.2) is 30.5 Å². The van der Waals surface area contributed by atoms with E-state index in [2.05, 4.69) is 26.8 Å². The van der Waals surface area contributed by atoms with Crippen LogP contribution in [0.15, 0.2) is 47.6 Å². The molecule has 6 rings (SSSR count). The molecule has 208 valence electrons. The van der Waals surface area contributed by atoms with E-state index in [4.69, 9.17) is 23.2 Å². The van der Waals surface area contributed by atoms with Crippen LogP contribution in [0.5, 0.6) is 0 Å². The van der Waals surface area contributed by atoms with Crippen LogP contribution in [-0.4, -0.2) is 56.5 Å². The fraction of sp³-hybridized carbons (Fsp3) is 0.480. The Balaban J connectivity index is 1.33. The van der Waals surface area contributed by atoms with Gasteiger partial charge in [0.15, 0.2) is 11.3 Å². The van der Waals surface area contributed by atoms with E-state index in [0.29, 0.717) is 36.3 Å². The van der Waals surface area contributed by atoms with Crippen molar-refractivity contribution in [3.8, 4) is 0 Å². The third-order valence-corrected chi connectivity index (χ3v) is 12.1. The molecule has 4 atom stereocenters. The summed E-state index contributed by atoms with van der Waals surface area (Å²) in [5.41, 5.74) is 2.29. The molecule has 2 aliphatic carbocycles. The molecule has 1 N–H and O–H groups in total. The van der Waals surface area contributed by atoms with E-state index in [-0.39, 0.29) is 40.1 Å². The number of nitrogens with zero attached hydrogens (tertiary/aromatic N) is 5. The lowest BCUT2D eigenvalue weighted by molar-refractivity contribution is 0.449. The van der Waals surface area contributed by atoms with Crippen LogP contribution in [0, 0.1) is 18.8 Å². The van der Waals surface area contributed by atoms with Gasteiger partial charge in [-0.1, -0.05) is 31.0 Å². The summed E-state index contributed by atoms with van der Waals surface area (Å²) in [5, 5.41) is 8.78. The van der Waals surface area contributed by atoms with E-state index in [1.165, 1.54) is 16.4 Å². The van der Waals surface area contributed by atoms with Crippen molar-refractivity contribution >= 4 is 60.1 Å². The summed E-state index contributed by atoms with van der Waals surface area (Å²) in [7, 11) is -7.43. The van der Waals surface area contributed by atoms with Crippen LogP contribution in [-0.2, 0) is 20.0 Å². The van der Waals surface area contributed by atoms with E-state index in [1.807, 2.05) is 11.3 Å². The molecule has 39 heavy (non-hydrogen) atoms. The minimum Gasteiger partial charge on any atom is -0.274 e. The van der Waals surface area contributed by atoms with Gasteiger partial charge in [0, 0.05) is 24.1 Å².